The molecule has 0 saturated heterocycles. The van der Waals surface area contributed by atoms with Crippen LogP contribution in [0.2, 0.25) is 0 Å². The van der Waals surface area contributed by atoms with Crippen LogP contribution < -0.4 is 5.32 Å². The van der Waals surface area contributed by atoms with Crippen LogP contribution in [0.25, 0.3) is 17.3 Å². The molecular weight excluding hydrogens is 278 g/mol. The lowest BCUT2D eigenvalue weighted by Gasteiger charge is -2.00. The van der Waals surface area contributed by atoms with Gasteiger partial charge >= 0.3 is 0 Å². The number of carbonyl (C=O) groups is 1. The molecule has 0 radical (unpaired) electrons. The molecule has 0 aliphatic rings. The second-order valence-electron chi connectivity index (χ2n) is 4.56. The summed E-state index contributed by atoms with van der Waals surface area (Å²) >= 11 is 0. The van der Waals surface area contributed by atoms with Crippen LogP contribution in [-0.4, -0.2) is 16.2 Å². The number of rotatable bonds is 4. The Morgan fingerprint density at radius 3 is 2.36 bits per heavy atom. The molecule has 1 aromatic heterocycles. The highest BCUT2D eigenvalue weighted by Gasteiger charge is 2.13. The zero-order valence-electron chi connectivity index (χ0n) is 11.6. The first-order valence-corrected chi connectivity index (χ1v) is 6.75. The minimum absolute atomic E-state index is 0.295. The number of nitrogens with zero attached hydrogens (tertiary/aromatic N) is 2. The van der Waals surface area contributed by atoms with Gasteiger partial charge < -0.3 is 5.32 Å². The van der Waals surface area contributed by atoms with E-state index in [2.05, 4.69) is 15.6 Å². The largest absolute Gasteiger partial charge is 0.302 e. The Morgan fingerprint density at radius 1 is 0.955 bits per heavy atom. The van der Waals surface area contributed by atoms with Crippen LogP contribution in [-0.2, 0) is 4.79 Å². The van der Waals surface area contributed by atoms with E-state index < -0.39 is 0 Å². The Bertz CT molecular complexity index is 780. The van der Waals surface area contributed by atoms with E-state index in [0.29, 0.717) is 11.5 Å². The van der Waals surface area contributed by atoms with Crippen LogP contribution in [0.3, 0.4) is 0 Å². The highest BCUT2D eigenvalue weighted by atomic mass is 16.6. The summed E-state index contributed by atoms with van der Waals surface area (Å²) < 4.78 is 4.72. The second kappa shape index (κ2) is 6.49. The summed E-state index contributed by atoms with van der Waals surface area (Å²) in [5.74, 6) is 0.00523. The lowest BCUT2D eigenvalue weighted by molar-refractivity contribution is -0.111. The molecule has 0 fully saturated rings. The Morgan fingerprint density at radius 2 is 1.64 bits per heavy atom. The topological polar surface area (TPSA) is 68.0 Å². The molecule has 5 nitrogen and oxygen atoms in total. The van der Waals surface area contributed by atoms with Gasteiger partial charge in [0, 0.05) is 11.6 Å². The molecule has 1 N–H and O–H groups in total. The molecule has 3 aromatic rings. The van der Waals surface area contributed by atoms with Crippen molar-refractivity contribution in [2.45, 2.75) is 0 Å². The van der Waals surface area contributed by atoms with Crippen molar-refractivity contribution in [1.82, 2.24) is 10.3 Å². The first-order valence-electron chi connectivity index (χ1n) is 6.75. The van der Waals surface area contributed by atoms with Crippen LogP contribution >= 0.6 is 0 Å². The fourth-order valence-electron chi connectivity index (χ4n) is 1.95. The van der Waals surface area contributed by atoms with Crippen molar-refractivity contribution in [1.29, 1.82) is 0 Å². The molecule has 1 amide bonds. The maximum atomic E-state index is 12.0. The number of carbonyl (C=O) groups excluding carboxylic acids is 1. The molecule has 3 rings (SSSR count). The first-order chi connectivity index (χ1) is 10.8. The summed E-state index contributed by atoms with van der Waals surface area (Å²) in [7, 11) is 0. The predicted molar refractivity (Wildman–Crippen MR) is 83.8 cm³/mol. The Balaban J connectivity index is 1.73. The van der Waals surface area contributed by atoms with Gasteiger partial charge in [0.2, 0.25) is 11.7 Å². The first kappa shape index (κ1) is 13.8. The number of nitrogens with one attached hydrogen (secondary N) is 1. The van der Waals surface area contributed by atoms with Crippen LogP contribution in [0.4, 0.5) is 5.82 Å². The molecule has 0 unspecified atom stereocenters. The lowest BCUT2D eigenvalue weighted by atomic mass is 10.1. The van der Waals surface area contributed by atoms with Crippen molar-refractivity contribution in [2.75, 3.05) is 5.32 Å². The molecule has 22 heavy (non-hydrogen) atoms. The van der Waals surface area contributed by atoms with E-state index in [1.54, 1.807) is 6.08 Å². The molecule has 0 aliphatic heterocycles. The third-order valence-corrected chi connectivity index (χ3v) is 3.00. The van der Waals surface area contributed by atoms with E-state index in [1.807, 2.05) is 60.7 Å². The Labute approximate surface area is 127 Å². The highest BCUT2D eigenvalue weighted by molar-refractivity contribution is 6.02. The van der Waals surface area contributed by atoms with Gasteiger partial charge in [0.1, 0.15) is 0 Å². The lowest BCUT2D eigenvalue weighted by Crippen LogP contribution is -2.08. The van der Waals surface area contributed by atoms with Crippen molar-refractivity contribution in [3.63, 3.8) is 0 Å². The molecule has 0 saturated carbocycles. The van der Waals surface area contributed by atoms with E-state index in [0.717, 1.165) is 11.1 Å². The van der Waals surface area contributed by atoms with Gasteiger partial charge in [0.25, 0.3) is 0 Å². The number of aromatic nitrogens is 2. The van der Waals surface area contributed by atoms with Crippen molar-refractivity contribution in [3.05, 3.63) is 72.3 Å². The van der Waals surface area contributed by atoms with Crippen LogP contribution in [0, 0.1) is 0 Å². The highest BCUT2D eigenvalue weighted by Crippen LogP contribution is 2.23. The van der Waals surface area contributed by atoms with E-state index in [4.69, 9.17) is 4.63 Å². The van der Waals surface area contributed by atoms with Crippen LogP contribution in [0.15, 0.2) is 71.4 Å². The second-order valence-corrected chi connectivity index (χ2v) is 4.56. The minimum Gasteiger partial charge on any atom is -0.302 e. The summed E-state index contributed by atoms with van der Waals surface area (Å²) in [5, 5.41) is 10.2. The monoisotopic (exact) mass is 291 g/mol. The van der Waals surface area contributed by atoms with E-state index in [1.165, 1.54) is 6.08 Å². The van der Waals surface area contributed by atoms with Gasteiger partial charge in [-0.2, -0.15) is 0 Å². The van der Waals surface area contributed by atoms with Crippen molar-refractivity contribution in [3.8, 4) is 11.3 Å². The standard InChI is InChI=1S/C17H13N3O2/c21-15(12-11-13-7-3-1-4-8-13)18-17-16(19-22-20-17)14-9-5-2-6-10-14/h1-12H,(H,18,20,21)/b12-11+. The average molecular weight is 291 g/mol. The summed E-state index contributed by atoms with van der Waals surface area (Å²) in [6.07, 6.45) is 3.17. The molecule has 0 bridgehead atoms. The number of hydrogen-bond donors (Lipinski definition) is 1. The third kappa shape index (κ3) is 3.27. The van der Waals surface area contributed by atoms with Gasteiger partial charge in [-0.15, -0.1) is 0 Å². The summed E-state index contributed by atoms with van der Waals surface area (Å²) in [6, 6.07) is 19.0. The van der Waals surface area contributed by atoms with Crippen LogP contribution in [0.5, 0.6) is 0 Å². The molecule has 1 heterocycles. The molecule has 0 spiro atoms. The normalized spacial score (nSPS) is 10.7. The van der Waals surface area contributed by atoms with Gasteiger partial charge in [0.15, 0.2) is 5.69 Å². The number of amides is 1. The predicted octanol–water partition coefficient (Wildman–Crippen LogP) is 3.39. The maximum Gasteiger partial charge on any atom is 0.249 e. The number of anilines is 1. The van der Waals surface area contributed by atoms with Crippen molar-refractivity contribution >= 4 is 17.8 Å². The zero-order chi connectivity index (χ0) is 15.2. The van der Waals surface area contributed by atoms with Gasteiger partial charge in [-0.25, -0.2) is 4.63 Å². The smallest absolute Gasteiger partial charge is 0.249 e. The summed E-state index contributed by atoms with van der Waals surface area (Å²) in [4.78, 5) is 12.0. The van der Waals surface area contributed by atoms with Gasteiger partial charge in [-0.05, 0) is 22.0 Å². The number of benzene rings is 2. The fraction of sp³-hybridized carbons (Fsp3) is 0. The maximum absolute atomic E-state index is 12.0. The molecule has 5 heteroatoms. The number of hydrogen-bond acceptors (Lipinski definition) is 4. The average Bonchev–Trinajstić information content (AvgIpc) is 3.03. The minimum atomic E-state index is -0.295. The molecule has 108 valence electrons. The zero-order valence-corrected chi connectivity index (χ0v) is 11.6. The fourth-order valence-corrected chi connectivity index (χ4v) is 1.95. The quantitative estimate of drug-likeness (QED) is 0.748. The van der Waals surface area contributed by atoms with Crippen molar-refractivity contribution < 1.29 is 9.42 Å². The summed E-state index contributed by atoms with van der Waals surface area (Å²) in [5.41, 5.74) is 2.27. The molecule has 2 aromatic carbocycles. The third-order valence-electron chi connectivity index (χ3n) is 3.00. The summed E-state index contributed by atoms with van der Waals surface area (Å²) in [6.45, 7) is 0. The van der Waals surface area contributed by atoms with Gasteiger partial charge in [-0.3, -0.25) is 4.79 Å². The molecular formula is C17H13N3O2. The van der Waals surface area contributed by atoms with Gasteiger partial charge in [-0.1, -0.05) is 60.7 Å². The SMILES string of the molecule is O=C(/C=C/c1ccccc1)Nc1nonc1-c1ccccc1. The van der Waals surface area contributed by atoms with E-state index in [9.17, 15) is 4.79 Å². The van der Waals surface area contributed by atoms with E-state index in [-0.39, 0.29) is 5.91 Å². The Hall–Kier alpha value is -3.21. The van der Waals surface area contributed by atoms with Gasteiger partial charge in [0.05, 0.1) is 0 Å². The van der Waals surface area contributed by atoms with Crippen molar-refractivity contribution in [2.24, 2.45) is 0 Å². The van der Waals surface area contributed by atoms with Crippen LogP contribution in [0.1, 0.15) is 5.56 Å². The molecule has 0 aliphatic carbocycles. The molecule has 0 atom stereocenters. The Kier molecular flexibility index (Phi) is 4.06. The van der Waals surface area contributed by atoms with E-state index >= 15 is 0 Å².